The van der Waals surface area contributed by atoms with Crippen LogP contribution in [-0.2, 0) is 16.0 Å². The number of nitrogens with one attached hydrogen (secondary N) is 1. The minimum atomic E-state index is -0.480. The Morgan fingerprint density at radius 3 is 3.27 bits per heavy atom. The van der Waals surface area contributed by atoms with Gasteiger partial charge < -0.3 is 14.8 Å². The number of carbonyl (C=O) groups is 1. The van der Waals surface area contributed by atoms with Crippen LogP contribution in [0.5, 0.6) is 0 Å². The van der Waals surface area contributed by atoms with Crippen LogP contribution in [0.15, 0.2) is 30.7 Å². The highest BCUT2D eigenvalue weighted by atomic mass is 16.6. The minimum absolute atomic E-state index is 0.0252. The highest BCUT2D eigenvalue weighted by molar-refractivity contribution is 5.67. The Kier molecular flexibility index (Phi) is 4.59. The molecule has 2 aromatic rings. The van der Waals surface area contributed by atoms with Crippen molar-refractivity contribution in [2.24, 2.45) is 0 Å². The van der Waals surface area contributed by atoms with Crippen molar-refractivity contribution >= 4 is 6.09 Å². The van der Waals surface area contributed by atoms with Crippen molar-refractivity contribution in [3.05, 3.63) is 36.4 Å². The molecule has 22 heavy (non-hydrogen) atoms. The van der Waals surface area contributed by atoms with Gasteiger partial charge in [-0.2, -0.15) is 0 Å². The van der Waals surface area contributed by atoms with Crippen molar-refractivity contribution in [3.63, 3.8) is 0 Å². The zero-order valence-corrected chi connectivity index (χ0v) is 12.0. The SMILES string of the molecule is O=C(NCc1cn(-c2cccnc2)nn1)OCC1CCCO1. The third kappa shape index (κ3) is 3.79. The predicted octanol–water partition coefficient (Wildman–Crippen LogP) is 1.07. The van der Waals surface area contributed by atoms with Gasteiger partial charge in [-0.15, -0.1) is 5.10 Å². The fourth-order valence-corrected chi connectivity index (χ4v) is 2.15. The van der Waals surface area contributed by atoms with Gasteiger partial charge in [0.05, 0.1) is 30.7 Å². The number of alkyl carbamates (subject to hydrolysis) is 1. The van der Waals surface area contributed by atoms with E-state index in [0.29, 0.717) is 5.69 Å². The molecule has 1 N–H and O–H groups in total. The maximum atomic E-state index is 11.6. The Bertz CT molecular complexity index is 610. The van der Waals surface area contributed by atoms with Gasteiger partial charge in [-0.1, -0.05) is 5.21 Å². The Balaban J connectivity index is 1.45. The lowest BCUT2D eigenvalue weighted by atomic mass is 10.2. The van der Waals surface area contributed by atoms with Gasteiger partial charge in [-0.25, -0.2) is 9.48 Å². The van der Waals surface area contributed by atoms with Gasteiger partial charge in [0.25, 0.3) is 0 Å². The molecule has 3 heterocycles. The molecule has 116 valence electrons. The fraction of sp³-hybridized carbons (Fsp3) is 0.429. The van der Waals surface area contributed by atoms with Crippen LogP contribution in [0, 0.1) is 0 Å². The predicted molar refractivity (Wildman–Crippen MR) is 76.3 cm³/mol. The van der Waals surface area contributed by atoms with Gasteiger partial charge >= 0.3 is 6.09 Å². The smallest absolute Gasteiger partial charge is 0.407 e. The maximum Gasteiger partial charge on any atom is 0.407 e. The summed E-state index contributed by atoms with van der Waals surface area (Å²) in [4.78, 5) is 15.6. The van der Waals surface area contributed by atoms with Crippen molar-refractivity contribution in [1.29, 1.82) is 0 Å². The van der Waals surface area contributed by atoms with E-state index in [1.807, 2.05) is 12.1 Å². The first-order valence-corrected chi connectivity index (χ1v) is 7.15. The molecule has 1 aliphatic rings. The number of ether oxygens (including phenoxy) is 2. The molecule has 1 atom stereocenters. The fourth-order valence-electron chi connectivity index (χ4n) is 2.15. The summed E-state index contributed by atoms with van der Waals surface area (Å²) in [5.41, 5.74) is 1.44. The number of amides is 1. The van der Waals surface area contributed by atoms with E-state index < -0.39 is 6.09 Å². The number of carbonyl (C=O) groups excluding carboxylic acids is 1. The van der Waals surface area contributed by atoms with E-state index in [0.717, 1.165) is 25.1 Å². The van der Waals surface area contributed by atoms with Crippen LogP contribution in [0.2, 0.25) is 0 Å². The third-order valence-corrected chi connectivity index (χ3v) is 3.29. The lowest BCUT2D eigenvalue weighted by molar-refractivity contribution is 0.0437. The lowest BCUT2D eigenvalue weighted by Crippen LogP contribution is -2.27. The van der Waals surface area contributed by atoms with Gasteiger partial charge in [-0.3, -0.25) is 4.98 Å². The van der Waals surface area contributed by atoms with Crippen LogP contribution in [0.3, 0.4) is 0 Å². The van der Waals surface area contributed by atoms with Crippen LogP contribution in [0.25, 0.3) is 5.69 Å². The number of hydrogen-bond donors (Lipinski definition) is 1. The average molecular weight is 303 g/mol. The maximum absolute atomic E-state index is 11.6. The van der Waals surface area contributed by atoms with E-state index in [-0.39, 0.29) is 19.3 Å². The molecule has 8 heteroatoms. The summed E-state index contributed by atoms with van der Waals surface area (Å²) >= 11 is 0. The second kappa shape index (κ2) is 6.99. The highest BCUT2D eigenvalue weighted by Gasteiger charge is 2.17. The first kappa shape index (κ1) is 14.5. The van der Waals surface area contributed by atoms with Crippen molar-refractivity contribution < 1.29 is 14.3 Å². The summed E-state index contributed by atoms with van der Waals surface area (Å²) in [6.07, 6.45) is 6.61. The lowest BCUT2D eigenvalue weighted by Gasteiger charge is -2.10. The molecule has 0 aliphatic carbocycles. The molecule has 0 aromatic carbocycles. The van der Waals surface area contributed by atoms with Crippen LogP contribution in [-0.4, -0.2) is 45.4 Å². The summed E-state index contributed by atoms with van der Waals surface area (Å²) in [6.45, 7) is 1.28. The van der Waals surface area contributed by atoms with E-state index in [9.17, 15) is 4.79 Å². The summed E-state index contributed by atoms with van der Waals surface area (Å²) in [6, 6.07) is 3.69. The third-order valence-electron chi connectivity index (χ3n) is 3.29. The normalized spacial score (nSPS) is 17.4. The van der Waals surface area contributed by atoms with Crippen molar-refractivity contribution in [2.45, 2.75) is 25.5 Å². The summed E-state index contributed by atoms with van der Waals surface area (Å²) in [5.74, 6) is 0. The average Bonchev–Trinajstić information content (AvgIpc) is 3.23. The molecule has 1 amide bonds. The molecule has 1 fully saturated rings. The van der Waals surface area contributed by atoms with Gasteiger partial charge in [0, 0.05) is 12.8 Å². The van der Waals surface area contributed by atoms with Gasteiger partial charge in [0.15, 0.2) is 0 Å². The molecule has 0 radical (unpaired) electrons. The monoisotopic (exact) mass is 303 g/mol. The quantitative estimate of drug-likeness (QED) is 0.888. The zero-order chi connectivity index (χ0) is 15.2. The second-order valence-corrected chi connectivity index (χ2v) is 4.95. The molecule has 3 rings (SSSR count). The van der Waals surface area contributed by atoms with Gasteiger partial charge in [0.1, 0.15) is 12.3 Å². The number of aromatic nitrogens is 4. The van der Waals surface area contributed by atoms with Crippen molar-refractivity contribution in [2.75, 3.05) is 13.2 Å². The molecule has 8 nitrogen and oxygen atoms in total. The summed E-state index contributed by atoms with van der Waals surface area (Å²) in [5, 5.41) is 10.6. The Morgan fingerprint density at radius 2 is 2.50 bits per heavy atom. The molecular weight excluding hydrogens is 286 g/mol. The van der Waals surface area contributed by atoms with E-state index in [2.05, 4.69) is 20.6 Å². The first-order chi connectivity index (χ1) is 10.8. The minimum Gasteiger partial charge on any atom is -0.447 e. The topological polar surface area (TPSA) is 91.2 Å². The largest absolute Gasteiger partial charge is 0.447 e. The molecular formula is C14H17N5O3. The summed E-state index contributed by atoms with van der Waals surface area (Å²) in [7, 11) is 0. The Morgan fingerprint density at radius 1 is 1.55 bits per heavy atom. The molecule has 1 aliphatic heterocycles. The number of pyridine rings is 1. The molecule has 0 bridgehead atoms. The van der Waals surface area contributed by atoms with E-state index in [1.54, 1.807) is 23.3 Å². The van der Waals surface area contributed by atoms with Crippen LogP contribution in [0.1, 0.15) is 18.5 Å². The van der Waals surface area contributed by atoms with E-state index >= 15 is 0 Å². The van der Waals surface area contributed by atoms with Gasteiger partial charge in [-0.05, 0) is 25.0 Å². The van der Waals surface area contributed by atoms with Crippen molar-refractivity contribution in [3.8, 4) is 5.69 Å². The van der Waals surface area contributed by atoms with Crippen LogP contribution in [0.4, 0.5) is 4.79 Å². The number of rotatable bonds is 5. The molecule has 2 aromatic heterocycles. The second-order valence-electron chi connectivity index (χ2n) is 4.95. The van der Waals surface area contributed by atoms with Gasteiger partial charge in [0.2, 0.25) is 0 Å². The van der Waals surface area contributed by atoms with E-state index in [4.69, 9.17) is 9.47 Å². The van der Waals surface area contributed by atoms with Crippen LogP contribution >= 0.6 is 0 Å². The summed E-state index contributed by atoms with van der Waals surface area (Å²) < 4.78 is 12.1. The first-order valence-electron chi connectivity index (χ1n) is 7.15. The standard InChI is InChI=1S/C14H17N5O3/c20-14(22-10-13-4-2-6-21-13)16-7-11-9-19(18-17-11)12-3-1-5-15-8-12/h1,3,5,8-9,13H,2,4,6-7,10H2,(H,16,20). The molecule has 1 unspecified atom stereocenters. The van der Waals surface area contributed by atoms with Crippen LogP contribution < -0.4 is 5.32 Å². The highest BCUT2D eigenvalue weighted by Crippen LogP contribution is 2.11. The Hall–Kier alpha value is -2.48. The zero-order valence-electron chi connectivity index (χ0n) is 12.0. The van der Waals surface area contributed by atoms with Crippen molar-refractivity contribution in [1.82, 2.24) is 25.3 Å². The number of nitrogens with zero attached hydrogens (tertiary/aromatic N) is 4. The van der Waals surface area contributed by atoms with E-state index in [1.165, 1.54) is 0 Å². The molecule has 1 saturated heterocycles. The number of hydrogen-bond acceptors (Lipinski definition) is 6. The molecule has 0 saturated carbocycles. The molecule has 0 spiro atoms. The Labute approximate surface area is 127 Å².